The summed E-state index contributed by atoms with van der Waals surface area (Å²) in [6, 6.07) is 5.30. The van der Waals surface area contributed by atoms with E-state index in [4.69, 9.17) is 14.2 Å². The lowest BCUT2D eigenvalue weighted by Crippen LogP contribution is -2.10. The maximum Gasteiger partial charge on any atom is 0.124 e. The average molecular weight is 289 g/mol. The van der Waals surface area contributed by atoms with Crippen LogP contribution in [0.1, 0.15) is 6.92 Å². The second kappa shape index (κ2) is 8.11. The van der Waals surface area contributed by atoms with Gasteiger partial charge in [0.25, 0.3) is 0 Å². The summed E-state index contributed by atoms with van der Waals surface area (Å²) in [4.78, 5) is -0.271. The van der Waals surface area contributed by atoms with Crippen molar-refractivity contribution < 1.29 is 27.2 Å². The van der Waals surface area contributed by atoms with Crippen LogP contribution in [0.5, 0.6) is 5.75 Å². The minimum atomic E-state index is -4.40. The van der Waals surface area contributed by atoms with Crippen LogP contribution in [0.25, 0.3) is 0 Å². The first-order valence-electron chi connectivity index (χ1n) is 5.88. The quantitative estimate of drug-likeness (QED) is 0.498. The van der Waals surface area contributed by atoms with Crippen molar-refractivity contribution in [2.75, 3.05) is 33.0 Å². The van der Waals surface area contributed by atoms with Crippen LogP contribution in [0, 0.1) is 0 Å². The molecule has 1 rings (SSSR count). The van der Waals surface area contributed by atoms with Gasteiger partial charge in [0.05, 0.1) is 24.7 Å². The molecule has 1 aromatic carbocycles. The van der Waals surface area contributed by atoms with Crippen molar-refractivity contribution in [1.82, 2.24) is 0 Å². The molecule has 0 saturated carbocycles. The smallest absolute Gasteiger partial charge is 0.124 e. The normalized spacial score (nSPS) is 11.5. The molecule has 19 heavy (non-hydrogen) atoms. The lowest BCUT2D eigenvalue weighted by Gasteiger charge is -2.09. The minimum absolute atomic E-state index is 0.271. The van der Waals surface area contributed by atoms with Gasteiger partial charge in [0, 0.05) is 6.61 Å². The molecule has 0 aliphatic carbocycles. The van der Waals surface area contributed by atoms with Crippen molar-refractivity contribution in [3.63, 3.8) is 0 Å². The number of rotatable bonds is 9. The van der Waals surface area contributed by atoms with Crippen molar-refractivity contribution >= 4 is 10.1 Å². The second-order valence-corrected chi connectivity index (χ2v) is 4.96. The highest BCUT2D eigenvalue weighted by atomic mass is 32.2. The van der Waals surface area contributed by atoms with Crippen LogP contribution in [-0.4, -0.2) is 46.0 Å². The van der Waals surface area contributed by atoms with Crippen molar-refractivity contribution in [2.45, 2.75) is 11.8 Å². The van der Waals surface area contributed by atoms with Crippen LogP contribution in [-0.2, 0) is 19.6 Å². The van der Waals surface area contributed by atoms with Gasteiger partial charge >= 0.3 is 0 Å². The maximum atomic E-state index is 10.7. The zero-order chi connectivity index (χ0) is 14.1. The van der Waals surface area contributed by atoms with Crippen LogP contribution < -0.4 is 4.74 Å². The Morgan fingerprint density at radius 1 is 1.00 bits per heavy atom. The zero-order valence-corrected chi connectivity index (χ0v) is 11.5. The molecule has 0 amide bonds. The molecule has 0 bridgehead atoms. The minimum Gasteiger partial charge on any atom is -0.744 e. The first-order valence-corrected chi connectivity index (χ1v) is 7.29. The predicted octanol–water partition coefficient (Wildman–Crippen LogP) is 1.02. The number of ether oxygens (including phenoxy) is 3. The van der Waals surface area contributed by atoms with Crippen LogP contribution in [0.3, 0.4) is 0 Å². The van der Waals surface area contributed by atoms with Crippen LogP contribution in [0.15, 0.2) is 29.2 Å². The van der Waals surface area contributed by atoms with Crippen LogP contribution in [0.4, 0.5) is 0 Å². The Hall–Kier alpha value is -1.15. The van der Waals surface area contributed by atoms with Gasteiger partial charge in [-0.05, 0) is 31.2 Å². The molecule has 0 atom stereocenters. The van der Waals surface area contributed by atoms with Gasteiger partial charge in [0.15, 0.2) is 0 Å². The van der Waals surface area contributed by atoms with E-state index in [0.717, 1.165) is 0 Å². The summed E-state index contributed by atoms with van der Waals surface area (Å²) in [6.07, 6.45) is 0. The Kier molecular flexibility index (Phi) is 6.79. The van der Waals surface area contributed by atoms with E-state index in [-0.39, 0.29) is 4.90 Å². The molecule has 0 aromatic heterocycles. The van der Waals surface area contributed by atoms with E-state index in [9.17, 15) is 13.0 Å². The molecule has 7 heteroatoms. The van der Waals surface area contributed by atoms with Crippen molar-refractivity contribution in [1.29, 1.82) is 0 Å². The second-order valence-electron chi connectivity index (χ2n) is 3.58. The topological polar surface area (TPSA) is 84.9 Å². The Morgan fingerprint density at radius 3 is 2.16 bits per heavy atom. The summed E-state index contributed by atoms with van der Waals surface area (Å²) >= 11 is 0. The molecule has 0 aliphatic rings. The van der Waals surface area contributed by atoms with Crippen molar-refractivity contribution in [3.8, 4) is 5.75 Å². The lowest BCUT2D eigenvalue weighted by molar-refractivity contribution is 0.0405. The van der Waals surface area contributed by atoms with Gasteiger partial charge in [-0.1, -0.05) is 0 Å². The van der Waals surface area contributed by atoms with Gasteiger partial charge in [0.1, 0.15) is 22.5 Å². The third kappa shape index (κ3) is 6.53. The van der Waals surface area contributed by atoms with E-state index < -0.39 is 10.1 Å². The predicted molar refractivity (Wildman–Crippen MR) is 67.2 cm³/mol. The maximum absolute atomic E-state index is 10.7. The molecular weight excluding hydrogens is 272 g/mol. The summed E-state index contributed by atoms with van der Waals surface area (Å²) in [7, 11) is -4.40. The summed E-state index contributed by atoms with van der Waals surface area (Å²) in [6.45, 7) is 4.38. The van der Waals surface area contributed by atoms with Gasteiger partial charge < -0.3 is 18.8 Å². The van der Waals surface area contributed by atoms with Crippen LogP contribution >= 0.6 is 0 Å². The Bertz CT molecular complexity index is 454. The van der Waals surface area contributed by atoms with E-state index in [1.54, 1.807) is 0 Å². The number of benzene rings is 1. The van der Waals surface area contributed by atoms with Gasteiger partial charge in [0.2, 0.25) is 0 Å². The molecule has 108 valence electrons. The fraction of sp³-hybridized carbons (Fsp3) is 0.500. The fourth-order valence-corrected chi connectivity index (χ4v) is 1.75. The molecule has 0 saturated heterocycles. The van der Waals surface area contributed by atoms with E-state index in [2.05, 4.69) is 0 Å². The highest BCUT2D eigenvalue weighted by Gasteiger charge is 2.01. The Balaban J connectivity index is 2.23. The SMILES string of the molecule is CCOCCOCCOc1ccc(S(=O)(=O)[O-])cc1. The molecule has 0 unspecified atom stereocenters. The summed E-state index contributed by atoms with van der Waals surface area (Å²) in [5.74, 6) is 0.487. The van der Waals surface area contributed by atoms with Gasteiger partial charge in [-0.25, -0.2) is 8.42 Å². The summed E-state index contributed by atoms with van der Waals surface area (Å²) in [5, 5.41) is 0. The molecule has 0 N–H and O–H groups in total. The van der Waals surface area contributed by atoms with E-state index in [1.165, 1.54) is 24.3 Å². The van der Waals surface area contributed by atoms with Crippen molar-refractivity contribution in [2.24, 2.45) is 0 Å². The average Bonchev–Trinajstić information content (AvgIpc) is 2.37. The number of hydrogen-bond acceptors (Lipinski definition) is 6. The summed E-state index contributed by atoms with van der Waals surface area (Å²) in [5.41, 5.74) is 0. The monoisotopic (exact) mass is 289 g/mol. The molecule has 0 radical (unpaired) electrons. The highest BCUT2D eigenvalue weighted by Crippen LogP contribution is 2.15. The zero-order valence-electron chi connectivity index (χ0n) is 10.7. The third-order valence-electron chi connectivity index (χ3n) is 2.18. The van der Waals surface area contributed by atoms with Crippen molar-refractivity contribution in [3.05, 3.63) is 24.3 Å². The first kappa shape index (κ1) is 15.9. The number of hydrogen-bond donors (Lipinski definition) is 0. The molecule has 0 aliphatic heterocycles. The first-order chi connectivity index (χ1) is 9.04. The van der Waals surface area contributed by atoms with Gasteiger partial charge in [-0.15, -0.1) is 0 Å². The molecule has 0 spiro atoms. The third-order valence-corrected chi connectivity index (χ3v) is 3.03. The molecule has 1 aromatic rings. The molecule has 0 heterocycles. The molecule has 6 nitrogen and oxygen atoms in total. The largest absolute Gasteiger partial charge is 0.744 e. The van der Waals surface area contributed by atoms with Gasteiger partial charge in [-0.2, -0.15) is 0 Å². The van der Waals surface area contributed by atoms with Gasteiger partial charge in [-0.3, -0.25) is 0 Å². The standard InChI is InChI=1S/C12H18O6S/c1-2-16-7-8-17-9-10-18-11-3-5-12(6-4-11)19(13,14)15/h3-6H,2,7-10H2,1H3,(H,13,14,15)/p-1. The summed E-state index contributed by atoms with van der Waals surface area (Å²) < 4.78 is 47.8. The Morgan fingerprint density at radius 2 is 1.58 bits per heavy atom. The fourth-order valence-electron chi connectivity index (χ4n) is 1.29. The Labute approximate surface area is 113 Å². The van der Waals surface area contributed by atoms with E-state index in [0.29, 0.717) is 38.8 Å². The highest BCUT2D eigenvalue weighted by molar-refractivity contribution is 7.85. The molecular formula is C12H17O6S-. The lowest BCUT2D eigenvalue weighted by atomic mass is 10.3. The van der Waals surface area contributed by atoms with E-state index in [1.807, 2.05) is 6.92 Å². The van der Waals surface area contributed by atoms with Crippen LogP contribution in [0.2, 0.25) is 0 Å². The van der Waals surface area contributed by atoms with E-state index >= 15 is 0 Å². The molecule has 0 fully saturated rings.